The summed E-state index contributed by atoms with van der Waals surface area (Å²) in [6, 6.07) is 6.26. The Morgan fingerprint density at radius 3 is 2.20 bits per heavy atom. The van der Waals surface area contributed by atoms with Gasteiger partial charge in [0.05, 0.1) is 0 Å². The van der Waals surface area contributed by atoms with E-state index in [2.05, 4.69) is 56.7 Å². The third-order valence-electron chi connectivity index (χ3n) is 3.62. The van der Waals surface area contributed by atoms with Gasteiger partial charge in [0.2, 0.25) is 0 Å². The van der Waals surface area contributed by atoms with Gasteiger partial charge >= 0.3 is 0 Å². The molecule has 3 nitrogen and oxygen atoms in total. The van der Waals surface area contributed by atoms with Crippen LogP contribution in [0.1, 0.15) is 48.8 Å². The summed E-state index contributed by atoms with van der Waals surface area (Å²) in [6.07, 6.45) is 2.44. The Labute approximate surface area is 121 Å². The largest absolute Gasteiger partial charge is 0.384 e. The fourth-order valence-electron chi connectivity index (χ4n) is 2.36. The minimum Gasteiger partial charge on any atom is -0.384 e. The highest BCUT2D eigenvalue weighted by molar-refractivity contribution is 5.42. The van der Waals surface area contributed by atoms with Gasteiger partial charge < -0.3 is 5.73 Å². The van der Waals surface area contributed by atoms with Gasteiger partial charge in [0, 0.05) is 12.6 Å². The fourth-order valence-corrected chi connectivity index (χ4v) is 2.36. The Kier molecular flexibility index (Phi) is 3.80. The lowest BCUT2D eigenvalue weighted by Gasteiger charge is -2.22. The minimum atomic E-state index is 0.168. The maximum Gasteiger partial charge on any atom is 0.135 e. The molecular weight excluding hydrogens is 246 g/mol. The van der Waals surface area contributed by atoms with E-state index in [-0.39, 0.29) is 5.41 Å². The van der Waals surface area contributed by atoms with Gasteiger partial charge in [-0.15, -0.1) is 0 Å². The first kappa shape index (κ1) is 14.5. The molecule has 2 rings (SSSR count). The maximum absolute atomic E-state index is 5.72. The highest BCUT2D eigenvalue weighted by atomic mass is 14.9. The van der Waals surface area contributed by atoms with Gasteiger partial charge in [-0.25, -0.2) is 9.97 Å². The van der Waals surface area contributed by atoms with Crippen molar-refractivity contribution >= 4 is 5.82 Å². The molecule has 0 spiro atoms. The molecule has 0 saturated heterocycles. The molecule has 0 atom stereocenters. The van der Waals surface area contributed by atoms with Crippen LogP contribution in [-0.4, -0.2) is 9.97 Å². The highest BCUT2D eigenvalue weighted by Gasteiger charge is 2.16. The van der Waals surface area contributed by atoms with Gasteiger partial charge in [-0.2, -0.15) is 0 Å². The monoisotopic (exact) mass is 269 g/mol. The summed E-state index contributed by atoms with van der Waals surface area (Å²) < 4.78 is 0. The van der Waals surface area contributed by atoms with Crippen molar-refractivity contribution in [1.82, 2.24) is 9.97 Å². The first-order valence-corrected chi connectivity index (χ1v) is 6.95. The van der Waals surface area contributed by atoms with Gasteiger partial charge in [-0.05, 0) is 47.6 Å². The Bertz CT molecular complexity index is 601. The van der Waals surface area contributed by atoms with E-state index in [1.54, 1.807) is 12.3 Å². The van der Waals surface area contributed by atoms with Crippen LogP contribution >= 0.6 is 0 Å². The van der Waals surface area contributed by atoms with Crippen LogP contribution in [0.5, 0.6) is 0 Å². The Balaban J connectivity index is 2.38. The average molecular weight is 269 g/mol. The molecule has 0 radical (unpaired) electrons. The van der Waals surface area contributed by atoms with Crippen LogP contribution in [0.4, 0.5) is 5.82 Å². The molecule has 0 aliphatic carbocycles. The topological polar surface area (TPSA) is 51.8 Å². The first-order valence-electron chi connectivity index (χ1n) is 6.95. The van der Waals surface area contributed by atoms with E-state index >= 15 is 0 Å². The van der Waals surface area contributed by atoms with Crippen molar-refractivity contribution in [3.8, 4) is 0 Å². The third kappa shape index (κ3) is 3.16. The zero-order chi connectivity index (χ0) is 14.9. The summed E-state index contributed by atoms with van der Waals surface area (Å²) in [4.78, 5) is 8.59. The van der Waals surface area contributed by atoms with Crippen molar-refractivity contribution in [2.45, 2.75) is 46.5 Å². The fraction of sp³-hybridized carbons (Fsp3) is 0.412. The Hall–Kier alpha value is -1.90. The van der Waals surface area contributed by atoms with Gasteiger partial charge in [-0.3, -0.25) is 0 Å². The quantitative estimate of drug-likeness (QED) is 0.907. The molecule has 0 amide bonds. The molecule has 1 aromatic heterocycles. The maximum atomic E-state index is 5.72. The Morgan fingerprint density at radius 1 is 1.10 bits per heavy atom. The predicted octanol–water partition coefficient (Wildman–Crippen LogP) is 3.56. The highest BCUT2D eigenvalue weighted by Crippen LogP contribution is 2.27. The summed E-state index contributed by atoms with van der Waals surface area (Å²) in [5.41, 5.74) is 11.1. The Morgan fingerprint density at radius 2 is 1.70 bits per heavy atom. The van der Waals surface area contributed by atoms with E-state index in [0.29, 0.717) is 5.82 Å². The van der Waals surface area contributed by atoms with E-state index in [1.807, 2.05) is 0 Å². The first-order chi connectivity index (χ1) is 9.27. The van der Waals surface area contributed by atoms with Crippen LogP contribution in [0.3, 0.4) is 0 Å². The van der Waals surface area contributed by atoms with Crippen molar-refractivity contribution in [3.63, 3.8) is 0 Å². The molecule has 2 N–H and O–H groups in total. The SMILES string of the molecule is Cc1cc(C(C)(C)C)cc(C)c1Cc1nccc(N)n1. The van der Waals surface area contributed by atoms with E-state index < -0.39 is 0 Å². The second-order valence-corrected chi connectivity index (χ2v) is 6.41. The second kappa shape index (κ2) is 5.23. The summed E-state index contributed by atoms with van der Waals surface area (Å²) in [5.74, 6) is 1.30. The zero-order valence-corrected chi connectivity index (χ0v) is 13.0. The summed E-state index contributed by atoms with van der Waals surface area (Å²) in [5, 5.41) is 0. The summed E-state index contributed by atoms with van der Waals surface area (Å²) in [6.45, 7) is 11.0. The lowest BCUT2D eigenvalue weighted by molar-refractivity contribution is 0.588. The average Bonchev–Trinajstić information content (AvgIpc) is 2.32. The van der Waals surface area contributed by atoms with Crippen molar-refractivity contribution in [2.24, 2.45) is 0 Å². The molecule has 0 bridgehead atoms. The van der Waals surface area contributed by atoms with Crippen LogP contribution in [0.25, 0.3) is 0 Å². The van der Waals surface area contributed by atoms with Crippen molar-refractivity contribution in [2.75, 3.05) is 5.73 Å². The van der Waals surface area contributed by atoms with Crippen LogP contribution in [-0.2, 0) is 11.8 Å². The van der Waals surface area contributed by atoms with E-state index in [4.69, 9.17) is 5.73 Å². The molecule has 0 aliphatic rings. The van der Waals surface area contributed by atoms with Crippen LogP contribution < -0.4 is 5.73 Å². The van der Waals surface area contributed by atoms with Crippen molar-refractivity contribution < 1.29 is 0 Å². The van der Waals surface area contributed by atoms with Crippen LogP contribution in [0.15, 0.2) is 24.4 Å². The molecule has 1 heterocycles. The van der Waals surface area contributed by atoms with Gasteiger partial charge in [0.15, 0.2) is 0 Å². The normalized spacial score (nSPS) is 11.7. The van der Waals surface area contributed by atoms with Crippen molar-refractivity contribution in [1.29, 1.82) is 0 Å². The van der Waals surface area contributed by atoms with Crippen molar-refractivity contribution in [3.05, 3.63) is 52.5 Å². The van der Waals surface area contributed by atoms with E-state index in [9.17, 15) is 0 Å². The van der Waals surface area contributed by atoms with Gasteiger partial charge in [0.1, 0.15) is 11.6 Å². The molecule has 20 heavy (non-hydrogen) atoms. The molecule has 3 heteroatoms. The van der Waals surface area contributed by atoms with Crippen LogP contribution in [0.2, 0.25) is 0 Å². The number of aromatic nitrogens is 2. The third-order valence-corrected chi connectivity index (χ3v) is 3.62. The number of nitrogens with two attached hydrogens (primary N) is 1. The number of hydrogen-bond donors (Lipinski definition) is 1. The lowest BCUT2D eigenvalue weighted by atomic mass is 9.83. The number of nitrogens with zero attached hydrogens (tertiary/aromatic N) is 2. The lowest BCUT2D eigenvalue weighted by Crippen LogP contribution is -2.13. The minimum absolute atomic E-state index is 0.168. The smallest absolute Gasteiger partial charge is 0.135 e. The number of hydrogen-bond acceptors (Lipinski definition) is 3. The molecule has 0 saturated carbocycles. The van der Waals surface area contributed by atoms with Gasteiger partial charge in [0.25, 0.3) is 0 Å². The molecule has 0 aliphatic heterocycles. The van der Waals surface area contributed by atoms with Gasteiger partial charge in [-0.1, -0.05) is 32.9 Å². The molecule has 0 fully saturated rings. The van der Waals surface area contributed by atoms with Crippen LogP contribution in [0, 0.1) is 13.8 Å². The second-order valence-electron chi connectivity index (χ2n) is 6.41. The van der Waals surface area contributed by atoms with E-state index in [1.165, 1.54) is 22.3 Å². The number of anilines is 1. The molecular formula is C17H23N3. The zero-order valence-electron chi connectivity index (χ0n) is 13.0. The number of rotatable bonds is 2. The summed E-state index contributed by atoms with van der Waals surface area (Å²) in [7, 11) is 0. The molecule has 1 aromatic carbocycles. The number of nitrogen functional groups attached to an aromatic ring is 1. The molecule has 0 unspecified atom stereocenters. The number of benzene rings is 1. The molecule has 2 aromatic rings. The van der Waals surface area contributed by atoms with E-state index in [0.717, 1.165) is 12.2 Å². The molecule has 106 valence electrons. The standard InChI is InChI=1S/C17H23N3/c1-11-8-13(17(3,4)5)9-12(2)14(11)10-16-19-7-6-15(18)20-16/h6-9H,10H2,1-5H3,(H2,18,19,20). The number of aryl methyl sites for hydroxylation is 2. The predicted molar refractivity (Wildman–Crippen MR) is 83.9 cm³/mol. The summed E-state index contributed by atoms with van der Waals surface area (Å²) >= 11 is 0.